The third kappa shape index (κ3) is 4.45. The van der Waals surface area contributed by atoms with Crippen LogP contribution in [0, 0.1) is 22.7 Å². The highest BCUT2D eigenvalue weighted by Gasteiger charge is 2.20. The van der Waals surface area contributed by atoms with Crippen molar-refractivity contribution in [1.29, 1.82) is 10.5 Å². The first kappa shape index (κ1) is 30.7. The van der Waals surface area contributed by atoms with Crippen molar-refractivity contribution in [1.82, 2.24) is 13.7 Å². The van der Waals surface area contributed by atoms with Gasteiger partial charge in [0.2, 0.25) is 0 Å². The molecule has 0 amide bonds. The molecule has 0 atom stereocenters. The Balaban J connectivity index is 1.12. The van der Waals surface area contributed by atoms with E-state index >= 15 is 0 Å². The molecule has 254 valence electrons. The smallest absolute Gasteiger partial charge is 0.0998 e. The van der Waals surface area contributed by atoms with Gasteiger partial charge >= 0.3 is 0 Å². The number of para-hydroxylation sites is 5. The maximum atomic E-state index is 10.8. The summed E-state index contributed by atoms with van der Waals surface area (Å²) in [5, 5.41) is 27.4. The summed E-state index contributed by atoms with van der Waals surface area (Å²) in [6.45, 7) is 0. The number of nitrogens with zero attached hydrogens (tertiary/aromatic N) is 5. The second-order valence-corrected chi connectivity index (χ2v) is 14.0. The summed E-state index contributed by atoms with van der Waals surface area (Å²) < 4.78 is 6.89. The third-order valence-corrected chi connectivity index (χ3v) is 11.1. The lowest BCUT2D eigenvalue weighted by Gasteiger charge is -2.16. The van der Waals surface area contributed by atoms with Gasteiger partial charge in [0.25, 0.3) is 0 Å². The number of hydrogen-bond donors (Lipinski definition) is 0. The molecular weight excluding hydrogens is 671 g/mol. The van der Waals surface area contributed by atoms with Gasteiger partial charge in [-0.3, -0.25) is 0 Å². The van der Waals surface area contributed by atoms with E-state index in [9.17, 15) is 10.5 Å². The van der Waals surface area contributed by atoms with E-state index in [0.29, 0.717) is 11.1 Å². The van der Waals surface area contributed by atoms with Crippen LogP contribution >= 0.6 is 0 Å². The molecule has 5 nitrogen and oxygen atoms in total. The molecule has 0 unspecified atom stereocenters. The SMILES string of the molecule is N#Cc1ccc2c(c1)c1ccccc1n2-c1ccccc1-c1ccc(-n2c3ccccc3c3ccc(-n4c5ccccc5c5ccccc54)cc32)cc1C#N. The molecule has 11 rings (SSSR count). The molecule has 8 aromatic carbocycles. The van der Waals surface area contributed by atoms with Crippen molar-refractivity contribution in [3.8, 4) is 40.3 Å². The largest absolute Gasteiger partial charge is 0.309 e. The first-order valence-electron chi connectivity index (χ1n) is 18.3. The molecule has 3 aromatic heterocycles. The highest BCUT2D eigenvalue weighted by atomic mass is 15.0. The van der Waals surface area contributed by atoms with Gasteiger partial charge in [-0.05, 0) is 72.8 Å². The summed E-state index contributed by atoms with van der Waals surface area (Å²) in [4.78, 5) is 0. The maximum absolute atomic E-state index is 10.8. The zero-order chi connectivity index (χ0) is 36.6. The Kier molecular flexibility index (Phi) is 6.61. The van der Waals surface area contributed by atoms with Crippen molar-refractivity contribution >= 4 is 65.4 Å². The van der Waals surface area contributed by atoms with Crippen LogP contribution in [0.4, 0.5) is 0 Å². The number of fused-ring (bicyclic) bond motifs is 9. The normalized spacial score (nSPS) is 11.6. The van der Waals surface area contributed by atoms with Gasteiger partial charge in [-0.25, -0.2) is 0 Å². The van der Waals surface area contributed by atoms with Gasteiger partial charge in [0.05, 0.1) is 62.1 Å². The summed E-state index contributed by atoms with van der Waals surface area (Å²) in [6, 6.07) is 65.9. The number of aromatic nitrogens is 3. The fraction of sp³-hybridized carbons (Fsp3) is 0. The van der Waals surface area contributed by atoms with E-state index < -0.39 is 0 Å². The summed E-state index contributed by atoms with van der Waals surface area (Å²) in [7, 11) is 0. The van der Waals surface area contributed by atoms with Crippen molar-refractivity contribution in [2.45, 2.75) is 0 Å². The van der Waals surface area contributed by atoms with Crippen molar-refractivity contribution in [3.63, 3.8) is 0 Å². The van der Waals surface area contributed by atoms with Crippen LogP contribution in [0.15, 0.2) is 176 Å². The molecule has 0 spiro atoms. The van der Waals surface area contributed by atoms with Gasteiger partial charge in [-0.2, -0.15) is 10.5 Å². The van der Waals surface area contributed by atoms with Crippen LogP contribution < -0.4 is 0 Å². The van der Waals surface area contributed by atoms with Crippen LogP contribution in [-0.2, 0) is 0 Å². The zero-order valence-electron chi connectivity index (χ0n) is 29.5. The minimum absolute atomic E-state index is 0.585. The van der Waals surface area contributed by atoms with Crippen LogP contribution in [0.1, 0.15) is 11.1 Å². The topological polar surface area (TPSA) is 62.4 Å². The number of nitriles is 2. The lowest BCUT2D eigenvalue weighted by atomic mass is 9.97. The Morgan fingerprint density at radius 3 is 1.45 bits per heavy atom. The Morgan fingerprint density at radius 2 is 0.818 bits per heavy atom. The molecule has 0 aliphatic carbocycles. The summed E-state index contributed by atoms with van der Waals surface area (Å²) >= 11 is 0. The molecule has 5 heteroatoms. The zero-order valence-corrected chi connectivity index (χ0v) is 29.5. The quantitative estimate of drug-likeness (QED) is 0.184. The van der Waals surface area contributed by atoms with E-state index in [1.165, 1.54) is 10.8 Å². The van der Waals surface area contributed by atoms with E-state index in [-0.39, 0.29) is 0 Å². The number of rotatable bonds is 4. The van der Waals surface area contributed by atoms with Gasteiger partial charge in [0, 0.05) is 54.8 Å². The molecule has 0 radical (unpaired) electrons. The molecule has 11 aromatic rings. The third-order valence-electron chi connectivity index (χ3n) is 11.1. The Morgan fingerprint density at radius 1 is 0.327 bits per heavy atom. The molecular formula is C50H29N5. The molecule has 0 saturated heterocycles. The lowest BCUT2D eigenvalue weighted by Crippen LogP contribution is -2.00. The average Bonchev–Trinajstić information content (AvgIpc) is 3.88. The number of benzene rings is 8. The minimum Gasteiger partial charge on any atom is -0.309 e. The second-order valence-electron chi connectivity index (χ2n) is 14.0. The van der Waals surface area contributed by atoms with Gasteiger partial charge < -0.3 is 13.7 Å². The van der Waals surface area contributed by atoms with Crippen LogP contribution in [0.25, 0.3) is 93.6 Å². The van der Waals surface area contributed by atoms with Crippen LogP contribution in [-0.4, -0.2) is 13.7 Å². The van der Waals surface area contributed by atoms with Gasteiger partial charge in [-0.15, -0.1) is 0 Å². The van der Waals surface area contributed by atoms with E-state index in [1.54, 1.807) is 0 Å². The Labute approximate surface area is 316 Å². The highest BCUT2D eigenvalue weighted by molar-refractivity contribution is 6.13. The van der Waals surface area contributed by atoms with Crippen LogP contribution in [0.3, 0.4) is 0 Å². The lowest BCUT2D eigenvalue weighted by molar-refractivity contribution is 1.15. The second kappa shape index (κ2) is 11.8. The summed E-state index contributed by atoms with van der Waals surface area (Å²) in [5.74, 6) is 0. The maximum Gasteiger partial charge on any atom is 0.0998 e. The Bertz CT molecular complexity index is 3420. The fourth-order valence-electron chi connectivity index (χ4n) is 8.77. The summed E-state index contributed by atoms with van der Waals surface area (Å²) in [5.41, 5.74) is 12.5. The molecule has 0 aliphatic heterocycles. The molecule has 0 N–H and O–H groups in total. The molecule has 0 bridgehead atoms. The molecule has 55 heavy (non-hydrogen) atoms. The molecule has 0 saturated carbocycles. The van der Waals surface area contributed by atoms with E-state index in [0.717, 1.165) is 82.8 Å². The molecule has 0 aliphatic rings. The van der Waals surface area contributed by atoms with E-state index in [2.05, 4.69) is 153 Å². The van der Waals surface area contributed by atoms with Gasteiger partial charge in [-0.1, -0.05) is 103 Å². The standard InChI is InChI=1S/C50H29N5/c51-30-32-21-26-49-43(27-32)41-15-5-10-20-48(41)55(49)47-19-9-1-11-37(47)36-24-22-34(28-33(36)31-52)54-46-18-8-4-14-40(46)42-25-23-35(29-50(42)54)53-44-16-6-2-12-38(44)39-13-3-7-17-45(39)53/h1-29H. The predicted molar refractivity (Wildman–Crippen MR) is 224 cm³/mol. The van der Waals surface area contributed by atoms with Crippen molar-refractivity contribution in [2.24, 2.45) is 0 Å². The predicted octanol–water partition coefficient (Wildman–Crippen LogP) is 12.4. The fourth-order valence-corrected chi connectivity index (χ4v) is 8.77. The molecule has 0 fully saturated rings. The monoisotopic (exact) mass is 699 g/mol. The van der Waals surface area contributed by atoms with E-state index in [1.807, 2.05) is 48.5 Å². The first-order chi connectivity index (χ1) is 27.2. The van der Waals surface area contributed by atoms with Crippen molar-refractivity contribution in [3.05, 3.63) is 187 Å². The minimum atomic E-state index is 0.585. The van der Waals surface area contributed by atoms with Crippen molar-refractivity contribution < 1.29 is 0 Å². The van der Waals surface area contributed by atoms with Crippen LogP contribution in [0.5, 0.6) is 0 Å². The summed E-state index contributed by atoms with van der Waals surface area (Å²) in [6.07, 6.45) is 0. The first-order valence-corrected chi connectivity index (χ1v) is 18.3. The van der Waals surface area contributed by atoms with Crippen LogP contribution in [0.2, 0.25) is 0 Å². The average molecular weight is 700 g/mol. The Hall–Kier alpha value is -7.86. The van der Waals surface area contributed by atoms with E-state index in [4.69, 9.17) is 0 Å². The van der Waals surface area contributed by atoms with Gasteiger partial charge in [0.15, 0.2) is 0 Å². The van der Waals surface area contributed by atoms with Gasteiger partial charge in [0.1, 0.15) is 0 Å². The highest BCUT2D eigenvalue weighted by Crippen LogP contribution is 2.40. The number of hydrogen-bond acceptors (Lipinski definition) is 2. The van der Waals surface area contributed by atoms with Crippen molar-refractivity contribution in [2.75, 3.05) is 0 Å². The molecule has 3 heterocycles.